The number of carboxylic acids is 1. The average molecular weight is 359 g/mol. The molecule has 0 saturated carbocycles. The van der Waals surface area contributed by atoms with Gasteiger partial charge in [-0.05, 0) is 31.0 Å². The van der Waals surface area contributed by atoms with Crippen molar-refractivity contribution in [2.45, 2.75) is 25.9 Å². The van der Waals surface area contributed by atoms with Gasteiger partial charge in [0.05, 0.1) is 18.4 Å². The van der Waals surface area contributed by atoms with Gasteiger partial charge in [-0.2, -0.15) is 13.2 Å². The molecule has 0 aliphatic carbocycles. The predicted octanol–water partition coefficient (Wildman–Crippen LogP) is 2.74. The summed E-state index contributed by atoms with van der Waals surface area (Å²) in [6, 6.07) is 7.11. The Labute approximate surface area is 143 Å². The van der Waals surface area contributed by atoms with Gasteiger partial charge in [0.1, 0.15) is 5.75 Å². The molecule has 1 aromatic rings. The van der Waals surface area contributed by atoms with Gasteiger partial charge in [0.2, 0.25) is 5.91 Å². The van der Waals surface area contributed by atoms with Crippen molar-refractivity contribution in [1.82, 2.24) is 4.90 Å². The van der Waals surface area contributed by atoms with Gasteiger partial charge >= 0.3 is 12.1 Å². The molecule has 1 heterocycles. The number of hydrogen-bond donors (Lipinski definition) is 1. The maximum Gasteiger partial charge on any atom is 0.394 e. The van der Waals surface area contributed by atoms with Crippen LogP contribution in [0.2, 0.25) is 0 Å². The van der Waals surface area contributed by atoms with Gasteiger partial charge in [-0.1, -0.05) is 12.1 Å². The minimum Gasteiger partial charge on any atom is -0.494 e. The first-order valence-corrected chi connectivity index (χ1v) is 8.01. The Morgan fingerprint density at radius 1 is 1.24 bits per heavy atom. The fourth-order valence-electron chi connectivity index (χ4n) is 2.92. The van der Waals surface area contributed by atoms with Crippen LogP contribution < -0.4 is 4.74 Å². The molecule has 2 rings (SSSR count). The molecule has 1 saturated heterocycles. The van der Waals surface area contributed by atoms with E-state index in [0.29, 0.717) is 18.8 Å². The zero-order chi connectivity index (χ0) is 18.6. The van der Waals surface area contributed by atoms with Crippen molar-refractivity contribution in [3.8, 4) is 5.75 Å². The molecule has 138 valence electrons. The lowest BCUT2D eigenvalue weighted by Gasteiger charge is -2.18. The summed E-state index contributed by atoms with van der Waals surface area (Å²) in [5, 5.41) is 8.97. The Hall–Kier alpha value is -2.25. The van der Waals surface area contributed by atoms with Gasteiger partial charge in [-0.25, -0.2) is 0 Å². The van der Waals surface area contributed by atoms with E-state index in [0.717, 1.165) is 10.5 Å². The first kappa shape index (κ1) is 19.1. The Morgan fingerprint density at radius 3 is 2.36 bits per heavy atom. The van der Waals surface area contributed by atoms with E-state index in [2.05, 4.69) is 0 Å². The average Bonchev–Trinajstić information content (AvgIpc) is 3.00. The standard InChI is InChI=1S/C17H20F3NO4/c1-2-25-12-6-3-11(4-7-12)5-8-15(22)21-9-13(16(23)24)14(10-21)17(18,19)20/h3-4,6-7,13-14H,2,5,8-10H2,1H3,(H,23,24)/t13-,14-/m1/s1. The minimum absolute atomic E-state index is 0.0326. The summed E-state index contributed by atoms with van der Waals surface area (Å²) in [5.74, 6) is -4.90. The fraction of sp³-hybridized carbons (Fsp3) is 0.529. The molecule has 1 aliphatic heterocycles. The normalized spacial score (nSPS) is 20.6. The summed E-state index contributed by atoms with van der Waals surface area (Å²) in [7, 11) is 0. The molecule has 1 amide bonds. The zero-order valence-electron chi connectivity index (χ0n) is 13.8. The van der Waals surface area contributed by atoms with Crippen LogP contribution in [-0.2, 0) is 16.0 Å². The van der Waals surface area contributed by atoms with E-state index in [1.807, 2.05) is 6.92 Å². The first-order chi connectivity index (χ1) is 11.7. The van der Waals surface area contributed by atoms with Crippen LogP contribution in [0.3, 0.4) is 0 Å². The third-order valence-electron chi connectivity index (χ3n) is 4.27. The van der Waals surface area contributed by atoms with E-state index in [4.69, 9.17) is 9.84 Å². The molecule has 1 N–H and O–H groups in total. The smallest absolute Gasteiger partial charge is 0.394 e. The summed E-state index contributed by atoms with van der Waals surface area (Å²) in [6.07, 6.45) is -4.23. The first-order valence-electron chi connectivity index (χ1n) is 8.01. The number of carbonyl (C=O) groups is 2. The number of aryl methyl sites for hydroxylation is 1. The Morgan fingerprint density at radius 2 is 1.88 bits per heavy atom. The van der Waals surface area contributed by atoms with Crippen molar-refractivity contribution in [2.75, 3.05) is 19.7 Å². The number of ether oxygens (including phenoxy) is 1. The van der Waals surface area contributed by atoms with Crippen molar-refractivity contribution in [3.05, 3.63) is 29.8 Å². The number of rotatable bonds is 6. The van der Waals surface area contributed by atoms with Gasteiger partial charge in [-0.3, -0.25) is 9.59 Å². The third-order valence-corrected chi connectivity index (χ3v) is 4.27. The molecule has 1 aliphatic rings. The van der Waals surface area contributed by atoms with Crippen LogP contribution in [0.5, 0.6) is 5.75 Å². The number of carboxylic acid groups (broad SMARTS) is 1. The summed E-state index contributed by atoms with van der Waals surface area (Å²) in [4.78, 5) is 24.2. The molecule has 1 fully saturated rings. The van der Waals surface area contributed by atoms with Crippen LogP contribution in [0, 0.1) is 11.8 Å². The maximum absolute atomic E-state index is 12.9. The molecule has 5 nitrogen and oxygen atoms in total. The number of nitrogens with zero attached hydrogens (tertiary/aromatic N) is 1. The number of carbonyl (C=O) groups excluding carboxylic acids is 1. The van der Waals surface area contributed by atoms with E-state index in [1.54, 1.807) is 24.3 Å². The van der Waals surface area contributed by atoms with E-state index in [1.165, 1.54) is 0 Å². The van der Waals surface area contributed by atoms with Gasteiger partial charge < -0.3 is 14.7 Å². The van der Waals surface area contributed by atoms with Crippen molar-refractivity contribution in [3.63, 3.8) is 0 Å². The number of benzene rings is 1. The minimum atomic E-state index is -4.63. The molecule has 0 aromatic heterocycles. The van der Waals surface area contributed by atoms with Crippen LogP contribution in [0.15, 0.2) is 24.3 Å². The quantitative estimate of drug-likeness (QED) is 0.848. The van der Waals surface area contributed by atoms with Crippen LogP contribution >= 0.6 is 0 Å². The van der Waals surface area contributed by atoms with E-state index in [9.17, 15) is 22.8 Å². The number of hydrogen-bond acceptors (Lipinski definition) is 3. The molecule has 0 bridgehead atoms. The van der Waals surface area contributed by atoms with E-state index < -0.39 is 43.0 Å². The molecule has 1 aromatic carbocycles. The van der Waals surface area contributed by atoms with Crippen LogP contribution in [0.1, 0.15) is 18.9 Å². The molecular formula is C17H20F3NO4. The number of amides is 1. The van der Waals surface area contributed by atoms with E-state index >= 15 is 0 Å². The second-order valence-electron chi connectivity index (χ2n) is 5.97. The molecule has 25 heavy (non-hydrogen) atoms. The molecule has 0 spiro atoms. The largest absolute Gasteiger partial charge is 0.494 e. The summed E-state index contributed by atoms with van der Waals surface area (Å²) in [5.41, 5.74) is 0.859. The maximum atomic E-state index is 12.9. The number of alkyl halides is 3. The number of aliphatic carboxylic acids is 1. The Bertz CT molecular complexity index is 615. The lowest BCUT2D eigenvalue weighted by molar-refractivity contribution is -0.188. The van der Waals surface area contributed by atoms with Crippen LogP contribution in [0.25, 0.3) is 0 Å². The second kappa shape index (κ2) is 7.76. The summed E-state index contributed by atoms with van der Waals surface area (Å²) in [6.45, 7) is 1.41. The highest BCUT2D eigenvalue weighted by Crippen LogP contribution is 2.37. The molecule has 2 atom stereocenters. The van der Waals surface area contributed by atoms with Gasteiger partial charge in [-0.15, -0.1) is 0 Å². The van der Waals surface area contributed by atoms with Crippen molar-refractivity contribution in [1.29, 1.82) is 0 Å². The topological polar surface area (TPSA) is 66.8 Å². The SMILES string of the molecule is CCOc1ccc(CCC(=O)N2C[C@@H](C(F)(F)F)[C@H](C(=O)O)C2)cc1. The molecular weight excluding hydrogens is 339 g/mol. The second-order valence-corrected chi connectivity index (χ2v) is 5.97. The monoisotopic (exact) mass is 359 g/mol. The number of halogens is 3. The predicted molar refractivity (Wildman–Crippen MR) is 83.2 cm³/mol. The van der Waals surface area contributed by atoms with Crippen molar-refractivity contribution < 1.29 is 32.6 Å². The molecule has 0 radical (unpaired) electrons. The van der Waals surface area contributed by atoms with Gasteiger partial charge in [0, 0.05) is 19.5 Å². The highest BCUT2D eigenvalue weighted by atomic mass is 19.4. The zero-order valence-corrected chi connectivity index (χ0v) is 13.8. The van der Waals surface area contributed by atoms with E-state index in [-0.39, 0.29) is 6.42 Å². The lowest BCUT2D eigenvalue weighted by atomic mass is 9.96. The van der Waals surface area contributed by atoms with Crippen molar-refractivity contribution in [2.24, 2.45) is 11.8 Å². The highest BCUT2D eigenvalue weighted by molar-refractivity contribution is 5.79. The van der Waals surface area contributed by atoms with Crippen molar-refractivity contribution >= 4 is 11.9 Å². The fourth-order valence-corrected chi connectivity index (χ4v) is 2.92. The third kappa shape index (κ3) is 4.87. The van der Waals surface area contributed by atoms with Crippen LogP contribution in [-0.4, -0.2) is 47.8 Å². The summed E-state index contributed by atoms with van der Waals surface area (Å²) < 4.78 is 44.1. The molecule has 8 heteroatoms. The van der Waals surface area contributed by atoms with Gasteiger partial charge in [0.15, 0.2) is 0 Å². The Balaban J connectivity index is 1.93. The number of likely N-dealkylation sites (tertiary alicyclic amines) is 1. The highest BCUT2D eigenvalue weighted by Gasteiger charge is 2.53. The molecule has 0 unspecified atom stereocenters. The Kier molecular flexibility index (Phi) is 5.92. The van der Waals surface area contributed by atoms with Crippen LogP contribution in [0.4, 0.5) is 13.2 Å². The lowest BCUT2D eigenvalue weighted by Crippen LogP contribution is -2.34. The summed E-state index contributed by atoms with van der Waals surface area (Å²) >= 11 is 0. The van der Waals surface area contributed by atoms with Gasteiger partial charge in [0.25, 0.3) is 0 Å².